The molecule has 96 valence electrons. The Morgan fingerprint density at radius 1 is 1.16 bits per heavy atom. The number of thioether (sulfide) groups is 1. The second-order valence-corrected chi connectivity index (χ2v) is 5.18. The van der Waals surface area contributed by atoms with Crippen molar-refractivity contribution in [2.24, 2.45) is 5.73 Å². The maximum absolute atomic E-state index is 5.81. The molecule has 0 radical (unpaired) electrons. The van der Waals surface area contributed by atoms with Crippen molar-refractivity contribution >= 4 is 22.7 Å². The highest BCUT2D eigenvalue weighted by Crippen LogP contribution is 2.27. The zero-order valence-electron chi connectivity index (χ0n) is 10.4. The van der Waals surface area contributed by atoms with Crippen LogP contribution in [0.15, 0.2) is 58.2 Å². The van der Waals surface area contributed by atoms with Gasteiger partial charge in [0.2, 0.25) is 0 Å². The van der Waals surface area contributed by atoms with Crippen LogP contribution in [0.2, 0.25) is 0 Å². The SMILES string of the molecule is NCc1cc2ccccc2nc1SCc1ccco1. The van der Waals surface area contributed by atoms with Crippen LogP contribution in [-0.4, -0.2) is 4.98 Å². The average molecular weight is 270 g/mol. The molecule has 0 amide bonds. The van der Waals surface area contributed by atoms with Crippen molar-refractivity contribution in [2.75, 3.05) is 0 Å². The van der Waals surface area contributed by atoms with Crippen molar-refractivity contribution in [3.05, 3.63) is 60.1 Å². The number of hydrogen-bond donors (Lipinski definition) is 1. The number of para-hydroxylation sites is 1. The second kappa shape index (κ2) is 5.47. The number of nitrogens with zero attached hydrogens (tertiary/aromatic N) is 1. The van der Waals surface area contributed by atoms with Crippen molar-refractivity contribution in [2.45, 2.75) is 17.3 Å². The van der Waals surface area contributed by atoms with Crippen molar-refractivity contribution in [3.63, 3.8) is 0 Å². The Kier molecular flexibility index (Phi) is 3.53. The van der Waals surface area contributed by atoms with E-state index in [9.17, 15) is 0 Å². The lowest BCUT2D eigenvalue weighted by Crippen LogP contribution is -2.00. The zero-order valence-corrected chi connectivity index (χ0v) is 11.2. The topological polar surface area (TPSA) is 52.0 Å². The summed E-state index contributed by atoms with van der Waals surface area (Å²) in [6.07, 6.45) is 1.69. The Morgan fingerprint density at radius 3 is 2.84 bits per heavy atom. The highest BCUT2D eigenvalue weighted by atomic mass is 32.2. The van der Waals surface area contributed by atoms with E-state index in [4.69, 9.17) is 10.2 Å². The monoisotopic (exact) mass is 270 g/mol. The Morgan fingerprint density at radius 2 is 2.05 bits per heavy atom. The molecule has 2 heterocycles. The molecule has 0 bridgehead atoms. The molecule has 3 nitrogen and oxygen atoms in total. The number of furan rings is 1. The van der Waals surface area contributed by atoms with Gasteiger partial charge in [-0.3, -0.25) is 0 Å². The zero-order chi connectivity index (χ0) is 13.1. The third-order valence-corrected chi connectivity index (χ3v) is 3.97. The van der Waals surface area contributed by atoms with Crippen LogP contribution in [0.5, 0.6) is 0 Å². The van der Waals surface area contributed by atoms with Gasteiger partial charge >= 0.3 is 0 Å². The molecule has 0 saturated heterocycles. The summed E-state index contributed by atoms with van der Waals surface area (Å²) in [7, 11) is 0. The maximum Gasteiger partial charge on any atom is 0.114 e. The van der Waals surface area contributed by atoms with Crippen molar-refractivity contribution in [1.29, 1.82) is 0 Å². The predicted molar refractivity (Wildman–Crippen MR) is 77.9 cm³/mol. The van der Waals surface area contributed by atoms with Gasteiger partial charge in [-0.2, -0.15) is 0 Å². The van der Waals surface area contributed by atoms with E-state index in [1.165, 1.54) is 0 Å². The third-order valence-electron chi connectivity index (χ3n) is 2.91. The molecule has 0 aliphatic carbocycles. The first kappa shape index (κ1) is 12.3. The molecule has 0 unspecified atom stereocenters. The molecule has 0 atom stereocenters. The fourth-order valence-electron chi connectivity index (χ4n) is 1.95. The van der Waals surface area contributed by atoms with Crippen LogP contribution in [0.4, 0.5) is 0 Å². The molecule has 3 aromatic rings. The van der Waals surface area contributed by atoms with Gasteiger partial charge in [0.05, 0.1) is 17.5 Å². The molecule has 0 saturated carbocycles. The molecule has 19 heavy (non-hydrogen) atoms. The summed E-state index contributed by atoms with van der Waals surface area (Å²) in [6.45, 7) is 0.498. The summed E-state index contributed by atoms with van der Waals surface area (Å²) in [5.74, 6) is 1.72. The van der Waals surface area contributed by atoms with Crippen LogP contribution in [0.25, 0.3) is 10.9 Å². The molecule has 4 heteroatoms. The first-order valence-corrected chi connectivity index (χ1v) is 7.09. The van der Waals surface area contributed by atoms with E-state index in [1.54, 1.807) is 18.0 Å². The molecule has 2 aromatic heterocycles. The summed E-state index contributed by atoms with van der Waals surface area (Å²) in [6, 6.07) is 14.1. The van der Waals surface area contributed by atoms with Gasteiger partial charge in [-0.15, -0.1) is 0 Å². The van der Waals surface area contributed by atoms with Crippen LogP contribution in [-0.2, 0) is 12.3 Å². The van der Waals surface area contributed by atoms with Gasteiger partial charge in [0.25, 0.3) is 0 Å². The smallest absolute Gasteiger partial charge is 0.114 e. The lowest BCUT2D eigenvalue weighted by molar-refractivity contribution is 0.530. The summed E-state index contributed by atoms with van der Waals surface area (Å²) in [5, 5.41) is 2.11. The number of nitrogens with two attached hydrogens (primary N) is 1. The van der Waals surface area contributed by atoms with Gasteiger partial charge in [-0.25, -0.2) is 4.98 Å². The number of rotatable bonds is 4. The van der Waals surface area contributed by atoms with Crippen LogP contribution < -0.4 is 5.73 Å². The Labute approximate surface area is 115 Å². The Hall–Kier alpha value is -1.78. The largest absolute Gasteiger partial charge is 0.468 e. The lowest BCUT2D eigenvalue weighted by atomic mass is 10.1. The van der Waals surface area contributed by atoms with Crippen molar-refractivity contribution in [3.8, 4) is 0 Å². The molecular formula is C15H14N2OS. The predicted octanol–water partition coefficient (Wildman–Crippen LogP) is 3.58. The summed E-state index contributed by atoms with van der Waals surface area (Å²) in [5.41, 5.74) is 7.89. The third kappa shape index (κ3) is 2.64. The summed E-state index contributed by atoms with van der Waals surface area (Å²) in [4.78, 5) is 4.69. The highest BCUT2D eigenvalue weighted by molar-refractivity contribution is 7.98. The minimum Gasteiger partial charge on any atom is -0.468 e. The molecule has 0 spiro atoms. The van der Waals surface area contributed by atoms with E-state index in [1.807, 2.05) is 30.3 Å². The van der Waals surface area contributed by atoms with Crippen LogP contribution in [0, 0.1) is 0 Å². The van der Waals surface area contributed by atoms with Gasteiger partial charge in [0.1, 0.15) is 10.8 Å². The molecule has 0 aliphatic rings. The van der Waals surface area contributed by atoms with E-state index >= 15 is 0 Å². The highest BCUT2D eigenvalue weighted by Gasteiger charge is 2.07. The van der Waals surface area contributed by atoms with Gasteiger partial charge < -0.3 is 10.2 Å². The van der Waals surface area contributed by atoms with E-state index < -0.39 is 0 Å². The summed E-state index contributed by atoms with van der Waals surface area (Å²) >= 11 is 1.66. The fourth-order valence-corrected chi connectivity index (χ4v) is 2.88. The van der Waals surface area contributed by atoms with E-state index in [2.05, 4.69) is 17.1 Å². The number of benzene rings is 1. The van der Waals surface area contributed by atoms with Gasteiger partial charge in [0, 0.05) is 11.9 Å². The van der Waals surface area contributed by atoms with Crippen LogP contribution in [0.3, 0.4) is 0 Å². The number of aromatic nitrogens is 1. The summed E-state index contributed by atoms with van der Waals surface area (Å²) < 4.78 is 5.34. The standard InChI is InChI=1S/C15H14N2OS/c16-9-12-8-11-4-1-2-6-14(11)17-15(12)19-10-13-5-3-7-18-13/h1-8H,9-10,16H2. The van der Waals surface area contributed by atoms with Crippen LogP contribution in [0.1, 0.15) is 11.3 Å². The quantitative estimate of drug-likeness (QED) is 0.736. The maximum atomic E-state index is 5.81. The number of pyridine rings is 1. The molecular weight excluding hydrogens is 256 g/mol. The normalized spacial score (nSPS) is 11.0. The first-order valence-electron chi connectivity index (χ1n) is 6.11. The lowest BCUT2D eigenvalue weighted by Gasteiger charge is -2.08. The van der Waals surface area contributed by atoms with Gasteiger partial charge in [-0.1, -0.05) is 30.0 Å². The molecule has 0 fully saturated rings. The van der Waals surface area contributed by atoms with E-state index in [0.717, 1.165) is 33.0 Å². The van der Waals surface area contributed by atoms with E-state index in [-0.39, 0.29) is 0 Å². The Bertz CT molecular complexity index is 680. The minimum atomic E-state index is 0.498. The number of hydrogen-bond acceptors (Lipinski definition) is 4. The average Bonchev–Trinajstić information content (AvgIpc) is 2.97. The number of fused-ring (bicyclic) bond motifs is 1. The second-order valence-electron chi connectivity index (χ2n) is 4.22. The van der Waals surface area contributed by atoms with Crippen LogP contribution >= 0.6 is 11.8 Å². The van der Waals surface area contributed by atoms with Gasteiger partial charge in [-0.05, 0) is 29.8 Å². The first-order chi connectivity index (χ1) is 9.36. The molecule has 0 aliphatic heterocycles. The van der Waals surface area contributed by atoms with Gasteiger partial charge in [0.15, 0.2) is 0 Å². The van der Waals surface area contributed by atoms with Crippen molar-refractivity contribution in [1.82, 2.24) is 4.98 Å². The van der Waals surface area contributed by atoms with Crippen molar-refractivity contribution < 1.29 is 4.42 Å². The molecule has 3 rings (SSSR count). The minimum absolute atomic E-state index is 0.498. The molecule has 1 aromatic carbocycles. The molecule has 2 N–H and O–H groups in total. The Balaban J connectivity index is 1.92. The van der Waals surface area contributed by atoms with E-state index in [0.29, 0.717) is 6.54 Å². The fraction of sp³-hybridized carbons (Fsp3) is 0.133.